The highest BCUT2D eigenvalue weighted by Gasteiger charge is 2.50. The summed E-state index contributed by atoms with van der Waals surface area (Å²) in [5, 5.41) is 114. The number of rotatable bonds is 5. The molecule has 0 aliphatic carbocycles. The van der Waals surface area contributed by atoms with Crippen LogP contribution in [0.15, 0.2) is 39.7 Å². The summed E-state index contributed by atoms with van der Waals surface area (Å²) in [6.07, 6.45) is -17.2. The lowest BCUT2D eigenvalue weighted by atomic mass is 9.85. The van der Waals surface area contributed by atoms with Crippen LogP contribution >= 0.6 is 0 Å². The first kappa shape index (κ1) is 30.1. The lowest BCUT2D eigenvalue weighted by molar-refractivity contribution is -0.234. The van der Waals surface area contributed by atoms with Gasteiger partial charge in [-0.25, -0.2) is 0 Å². The van der Waals surface area contributed by atoms with Crippen molar-refractivity contribution in [3.05, 3.63) is 51.9 Å². The molecule has 2 aliphatic rings. The fourth-order valence-corrected chi connectivity index (χ4v) is 5.43. The van der Waals surface area contributed by atoms with Crippen LogP contribution < -0.4 is 5.43 Å². The Balaban J connectivity index is 1.82. The molecule has 5 rings (SSSR count). The van der Waals surface area contributed by atoms with E-state index in [1.54, 1.807) is 0 Å². The standard InChI is InChI=1S/C27H30O15/c28-5-11-17(32)21(36)23(38)26(41-11)14-19(34)13-16(31)10(8-1-3-9(30)4-2-8)7-40-25(13)15(20(14)35)27-24(39)22(37)18(33)12(6-29)42-27/h1-4,7,11-12,17-18,21-24,26-30,32-39H,5-6H2/t11?,12?,17-,18-,21+,22?,23?,24-,26+,27+/m1/s1. The maximum absolute atomic E-state index is 13.8. The van der Waals surface area contributed by atoms with E-state index in [2.05, 4.69) is 0 Å². The number of benzene rings is 2. The Morgan fingerprint density at radius 3 is 1.64 bits per heavy atom. The van der Waals surface area contributed by atoms with Crippen LogP contribution in [0.1, 0.15) is 23.3 Å². The molecule has 42 heavy (non-hydrogen) atoms. The second-order valence-corrected chi connectivity index (χ2v) is 10.3. The normalized spacial score (nSPS) is 33.6. The first-order valence-corrected chi connectivity index (χ1v) is 12.9. The molecule has 0 spiro atoms. The van der Waals surface area contributed by atoms with Crippen molar-refractivity contribution < 1.29 is 70.1 Å². The minimum atomic E-state index is -2.04. The van der Waals surface area contributed by atoms with Crippen LogP contribution in [0, 0.1) is 0 Å². The Hall–Kier alpha value is -3.35. The summed E-state index contributed by atoms with van der Waals surface area (Å²) >= 11 is 0. The molecule has 1 aromatic heterocycles. The van der Waals surface area contributed by atoms with E-state index in [0.29, 0.717) is 0 Å². The predicted octanol–water partition coefficient (Wildman–Crippen LogP) is -2.39. The Morgan fingerprint density at radius 2 is 1.14 bits per heavy atom. The summed E-state index contributed by atoms with van der Waals surface area (Å²) < 4.78 is 16.8. The van der Waals surface area contributed by atoms with Crippen LogP contribution in [0.25, 0.3) is 22.1 Å². The van der Waals surface area contributed by atoms with E-state index in [4.69, 9.17) is 13.9 Å². The van der Waals surface area contributed by atoms with Crippen molar-refractivity contribution in [1.82, 2.24) is 0 Å². The van der Waals surface area contributed by atoms with E-state index >= 15 is 0 Å². The lowest BCUT2D eigenvalue weighted by Gasteiger charge is -2.42. The smallest absolute Gasteiger partial charge is 0.204 e. The van der Waals surface area contributed by atoms with Crippen LogP contribution in [0.5, 0.6) is 17.2 Å². The first-order valence-electron chi connectivity index (χ1n) is 12.9. The zero-order valence-electron chi connectivity index (χ0n) is 21.6. The summed E-state index contributed by atoms with van der Waals surface area (Å²) in [5.41, 5.74) is -2.63. The van der Waals surface area contributed by atoms with Crippen molar-refractivity contribution in [3.63, 3.8) is 0 Å². The zero-order valence-corrected chi connectivity index (χ0v) is 21.6. The summed E-state index contributed by atoms with van der Waals surface area (Å²) in [5.74, 6) is -2.09. The molecule has 15 nitrogen and oxygen atoms in total. The molecule has 0 saturated carbocycles. The lowest BCUT2D eigenvalue weighted by Crippen LogP contribution is -2.55. The van der Waals surface area contributed by atoms with E-state index in [9.17, 15) is 61.0 Å². The van der Waals surface area contributed by atoms with Gasteiger partial charge in [-0.2, -0.15) is 0 Å². The van der Waals surface area contributed by atoms with E-state index in [-0.39, 0.29) is 16.9 Å². The van der Waals surface area contributed by atoms with E-state index in [1.807, 2.05) is 0 Å². The molecule has 0 bridgehead atoms. The highest BCUT2D eigenvalue weighted by atomic mass is 16.6. The SMILES string of the molecule is O=c1c(-c2ccc(O)cc2)coc2c([C@@H]3OC(CO)[C@@H](O)C(O)[C@H]3O)c(O)c([C@@H]3OC(CO)[C@@H](O)[C@H](O)C3O)c(O)c12. The van der Waals surface area contributed by atoms with Gasteiger partial charge in [0.05, 0.1) is 29.9 Å². The van der Waals surface area contributed by atoms with Gasteiger partial charge in [-0.1, -0.05) is 12.1 Å². The number of aromatic hydroxyl groups is 3. The molecule has 228 valence electrons. The molecule has 2 aromatic carbocycles. The third kappa shape index (κ3) is 4.69. The molecular weight excluding hydrogens is 564 g/mol. The monoisotopic (exact) mass is 594 g/mol. The third-order valence-electron chi connectivity index (χ3n) is 7.77. The Bertz CT molecular complexity index is 1500. The summed E-state index contributed by atoms with van der Waals surface area (Å²) in [6, 6.07) is 5.33. The Morgan fingerprint density at radius 1 is 0.643 bits per heavy atom. The number of phenols is 3. The zero-order chi connectivity index (χ0) is 30.6. The predicted molar refractivity (Wildman–Crippen MR) is 138 cm³/mol. The van der Waals surface area contributed by atoms with Crippen molar-refractivity contribution in [1.29, 1.82) is 0 Å². The van der Waals surface area contributed by atoms with E-state index in [1.165, 1.54) is 24.3 Å². The average molecular weight is 595 g/mol. The molecule has 2 aliphatic heterocycles. The van der Waals surface area contributed by atoms with Gasteiger partial charge in [0.2, 0.25) is 5.43 Å². The first-order chi connectivity index (χ1) is 19.9. The van der Waals surface area contributed by atoms with Crippen LogP contribution in [0.2, 0.25) is 0 Å². The quantitative estimate of drug-likeness (QED) is 0.147. The number of hydrogen-bond acceptors (Lipinski definition) is 15. The topological polar surface area (TPSA) is 271 Å². The molecular formula is C27H30O15. The molecule has 4 unspecified atom stereocenters. The van der Waals surface area contributed by atoms with E-state index in [0.717, 1.165) is 6.26 Å². The molecule has 3 aromatic rings. The maximum atomic E-state index is 13.8. The van der Waals surface area contributed by atoms with Crippen molar-refractivity contribution in [2.24, 2.45) is 0 Å². The van der Waals surface area contributed by atoms with Gasteiger partial charge in [0.25, 0.3) is 0 Å². The summed E-state index contributed by atoms with van der Waals surface area (Å²) in [4.78, 5) is 13.8. The van der Waals surface area contributed by atoms with Crippen molar-refractivity contribution >= 4 is 11.0 Å². The van der Waals surface area contributed by atoms with Gasteiger partial charge in [-0.3, -0.25) is 4.79 Å². The number of hydrogen-bond donors (Lipinski definition) is 11. The molecule has 15 heteroatoms. The van der Waals surface area contributed by atoms with Crippen molar-refractivity contribution in [3.8, 4) is 28.4 Å². The van der Waals surface area contributed by atoms with Crippen LogP contribution in [-0.2, 0) is 9.47 Å². The number of fused-ring (bicyclic) bond motifs is 1. The maximum Gasteiger partial charge on any atom is 0.204 e. The number of aliphatic hydroxyl groups is 8. The van der Waals surface area contributed by atoms with Crippen molar-refractivity contribution in [2.45, 2.75) is 61.0 Å². The molecule has 2 saturated heterocycles. The summed E-state index contributed by atoms with van der Waals surface area (Å²) in [7, 11) is 0. The minimum absolute atomic E-state index is 0.105. The third-order valence-corrected chi connectivity index (χ3v) is 7.77. The van der Waals surface area contributed by atoms with Gasteiger partial charge in [0.1, 0.15) is 89.9 Å². The molecule has 10 atom stereocenters. The number of ether oxygens (including phenoxy) is 2. The molecule has 0 radical (unpaired) electrons. The number of aliphatic hydroxyl groups excluding tert-OH is 8. The van der Waals surface area contributed by atoms with Gasteiger partial charge in [-0.05, 0) is 17.7 Å². The second-order valence-electron chi connectivity index (χ2n) is 10.3. The van der Waals surface area contributed by atoms with E-state index < -0.39 is 113 Å². The molecule has 11 N–H and O–H groups in total. The average Bonchev–Trinajstić information content (AvgIpc) is 2.97. The fraction of sp³-hybridized carbons (Fsp3) is 0.444. The highest BCUT2D eigenvalue weighted by molar-refractivity contribution is 5.93. The van der Waals surface area contributed by atoms with Gasteiger partial charge in [0.15, 0.2) is 5.58 Å². The Kier molecular flexibility index (Phi) is 8.16. The Labute approximate surface area is 235 Å². The van der Waals surface area contributed by atoms with Gasteiger partial charge >= 0.3 is 0 Å². The summed E-state index contributed by atoms with van der Waals surface area (Å²) in [6.45, 7) is -1.70. The van der Waals surface area contributed by atoms with Gasteiger partial charge in [0, 0.05) is 0 Å². The molecule has 3 heterocycles. The molecule has 2 fully saturated rings. The molecule has 0 amide bonds. The van der Waals surface area contributed by atoms with Gasteiger partial charge in [-0.15, -0.1) is 0 Å². The highest BCUT2D eigenvalue weighted by Crippen LogP contribution is 2.50. The minimum Gasteiger partial charge on any atom is -0.508 e. The van der Waals surface area contributed by atoms with Crippen LogP contribution in [0.3, 0.4) is 0 Å². The second kappa shape index (κ2) is 11.4. The van der Waals surface area contributed by atoms with Crippen LogP contribution in [0.4, 0.5) is 0 Å². The largest absolute Gasteiger partial charge is 0.508 e. The van der Waals surface area contributed by atoms with Crippen molar-refractivity contribution in [2.75, 3.05) is 13.2 Å². The number of phenolic OH excluding ortho intramolecular Hbond substituents is 3. The fourth-order valence-electron chi connectivity index (χ4n) is 5.43. The van der Waals surface area contributed by atoms with Crippen LogP contribution in [-0.4, -0.2) is 118 Å². The van der Waals surface area contributed by atoms with Gasteiger partial charge < -0.3 is 70.1 Å².